The van der Waals surface area contributed by atoms with Gasteiger partial charge in [-0.15, -0.1) is 0 Å². The Balaban J connectivity index is 1.76. The number of likely N-dealkylation sites (tertiary alicyclic amines) is 1. The number of nitrogens with zero attached hydrogens (tertiary/aromatic N) is 2. The lowest BCUT2D eigenvalue weighted by Gasteiger charge is -2.28. The van der Waals surface area contributed by atoms with Gasteiger partial charge in [0.15, 0.2) is 6.10 Å². The number of carbonyl (C=O) groups is 1. The Morgan fingerprint density at radius 1 is 1.23 bits per heavy atom. The van der Waals surface area contributed by atoms with Gasteiger partial charge in [-0.2, -0.15) is 5.26 Å². The Labute approximate surface area is 155 Å². The van der Waals surface area contributed by atoms with E-state index in [4.69, 9.17) is 10.00 Å². The Morgan fingerprint density at radius 2 is 1.96 bits per heavy atom. The molecule has 0 N–H and O–H groups in total. The van der Waals surface area contributed by atoms with Crippen LogP contribution in [0, 0.1) is 25.2 Å². The Kier molecular flexibility index (Phi) is 5.27. The van der Waals surface area contributed by atoms with E-state index in [2.05, 4.69) is 38.1 Å². The molecule has 26 heavy (non-hydrogen) atoms. The predicted octanol–water partition coefficient (Wildman–Crippen LogP) is 4.31. The van der Waals surface area contributed by atoms with E-state index in [1.165, 1.54) is 16.7 Å². The topological polar surface area (TPSA) is 53.3 Å². The molecule has 2 unspecified atom stereocenters. The second-order valence-corrected chi connectivity index (χ2v) is 7.01. The van der Waals surface area contributed by atoms with Crippen LogP contribution in [0.25, 0.3) is 0 Å². The molecule has 0 radical (unpaired) electrons. The number of benzene rings is 2. The van der Waals surface area contributed by atoms with Crippen molar-refractivity contribution in [3.63, 3.8) is 0 Å². The predicted molar refractivity (Wildman–Crippen MR) is 101 cm³/mol. The number of carbonyl (C=O) groups excluding carboxylic acids is 1. The lowest BCUT2D eigenvalue weighted by Crippen LogP contribution is -2.40. The molecule has 0 spiro atoms. The summed E-state index contributed by atoms with van der Waals surface area (Å²) in [4.78, 5) is 14.9. The SMILES string of the molecule is Cc1cc(C)cc(C2CCCN2C(=O)C(C)Oc2cccc(C#N)c2)c1. The van der Waals surface area contributed by atoms with Crippen LogP contribution in [0.1, 0.15) is 48.1 Å². The molecule has 1 aliphatic rings. The van der Waals surface area contributed by atoms with Crippen LogP contribution in [0.5, 0.6) is 5.75 Å². The molecule has 3 rings (SSSR count). The average molecular weight is 348 g/mol. The van der Waals surface area contributed by atoms with Crippen LogP contribution in [-0.4, -0.2) is 23.5 Å². The summed E-state index contributed by atoms with van der Waals surface area (Å²) in [6, 6.07) is 15.6. The number of aryl methyl sites for hydroxylation is 2. The van der Waals surface area contributed by atoms with Crippen molar-refractivity contribution >= 4 is 5.91 Å². The summed E-state index contributed by atoms with van der Waals surface area (Å²) in [7, 11) is 0. The van der Waals surface area contributed by atoms with E-state index in [-0.39, 0.29) is 11.9 Å². The van der Waals surface area contributed by atoms with Crippen LogP contribution >= 0.6 is 0 Å². The van der Waals surface area contributed by atoms with Gasteiger partial charge in [0.2, 0.25) is 0 Å². The number of hydrogen-bond acceptors (Lipinski definition) is 3. The maximum absolute atomic E-state index is 13.0. The summed E-state index contributed by atoms with van der Waals surface area (Å²) in [5, 5.41) is 9.00. The first-order chi connectivity index (χ1) is 12.5. The third-order valence-corrected chi connectivity index (χ3v) is 4.79. The molecule has 0 aliphatic carbocycles. The van der Waals surface area contributed by atoms with E-state index < -0.39 is 6.10 Å². The Hall–Kier alpha value is -2.80. The van der Waals surface area contributed by atoms with Crippen molar-refractivity contribution in [1.29, 1.82) is 5.26 Å². The highest BCUT2D eigenvalue weighted by molar-refractivity contribution is 5.81. The molecule has 1 heterocycles. The molecule has 1 aliphatic heterocycles. The number of ether oxygens (including phenoxy) is 1. The number of rotatable bonds is 4. The molecule has 1 saturated heterocycles. The maximum atomic E-state index is 13.0. The molecule has 0 saturated carbocycles. The molecule has 4 nitrogen and oxygen atoms in total. The van der Waals surface area contributed by atoms with E-state index in [0.29, 0.717) is 11.3 Å². The quantitative estimate of drug-likeness (QED) is 0.827. The van der Waals surface area contributed by atoms with Crippen molar-refractivity contribution in [2.45, 2.75) is 45.8 Å². The molecule has 2 atom stereocenters. The summed E-state index contributed by atoms with van der Waals surface area (Å²) in [5.74, 6) is 0.543. The number of amides is 1. The summed E-state index contributed by atoms with van der Waals surface area (Å²) in [6.45, 7) is 6.71. The lowest BCUT2D eigenvalue weighted by atomic mass is 9.99. The molecule has 1 amide bonds. The van der Waals surface area contributed by atoms with Gasteiger partial charge in [0.05, 0.1) is 17.7 Å². The highest BCUT2D eigenvalue weighted by Gasteiger charge is 2.33. The van der Waals surface area contributed by atoms with Gasteiger partial charge < -0.3 is 9.64 Å². The monoisotopic (exact) mass is 348 g/mol. The summed E-state index contributed by atoms with van der Waals surface area (Å²) in [5.41, 5.74) is 4.16. The van der Waals surface area contributed by atoms with E-state index in [1.54, 1.807) is 31.2 Å². The van der Waals surface area contributed by atoms with Gasteiger partial charge in [-0.1, -0.05) is 35.4 Å². The van der Waals surface area contributed by atoms with Gasteiger partial charge in [0.25, 0.3) is 5.91 Å². The Morgan fingerprint density at radius 3 is 2.65 bits per heavy atom. The van der Waals surface area contributed by atoms with Gasteiger partial charge in [-0.05, 0) is 57.4 Å². The van der Waals surface area contributed by atoms with Crippen LogP contribution in [0.2, 0.25) is 0 Å². The standard InChI is InChI=1S/C22H24N2O2/c1-15-10-16(2)12-19(11-15)21-8-5-9-24(21)22(25)17(3)26-20-7-4-6-18(13-20)14-23/h4,6-7,10-13,17,21H,5,8-9H2,1-3H3. The van der Waals surface area contributed by atoms with Crippen molar-refractivity contribution in [1.82, 2.24) is 4.90 Å². The average Bonchev–Trinajstić information content (AvgIpc) is 3.10. The van der Waals surface area contributed by atoms with E-state index >= 15 is 0 Å². The number of nitriles is 1. The van der Waals surface area contributed by atoms with Crippen molar-refractivity contribution in [3.8, 4) is 11.8 Å². The van der Waals surface area contributed by atoms with Crippen molar-refractivity contribution < 1.29 is 9.53 Å². The summed E-state index contributed by atoms with van der Waals surface area (Å²) in [6.07, 6.45) is 1.39. The van der Waals surface area contributed by atoms with Crippen molar-refractivity contribution in [2.24, 2.45) is 0 Å². The van der Waals surface area contributed by atoms with Gasteiger partial charge in [0, 0.05) is 6.54 Å². The molecule has 2 aromatic rings. The first kappa shape index (κ1) is 18.0. The second-order valence-electron chi connectivity index (χ2n) is 7.01. The fourth-order valence-electron chi connectivity index (χ4n) is 3.71. The fraction of sp³-hybridized carbons (Fsp3) is 0.364. The van der Waals surface area contributed by atoms with Crippen LogP contribution in [0.3, 0.4) is 0 Å². The maximum Gasteiger partial charge on any atom is 0.263 e. The molecule has 1 fully saturated rings. The molecule has 0 bridgehead atoms. The van der Waals surface area contributed by atoms with E-state index in [0.717, 1.165) is 19.4 Å². The van der Waals surface area contributed by atoms with Crippen molar-refractivity contribution in [2.75, 3.05) is 6.54 Å². The third-order valence-electron chi connectivity index (χ3n) is 4.79. The molecule has 0 aromatic heterocycles. The summed E-state index contributed by atoms with van der Waals surface area (Å²) < 4.78 is 5.82. The molecule has 2 aromatic carbocycles. The summed E-state index contributed by atoms with van der Waals surface area (Å²) >= 11 is 0. The smallest absolute Gasteiger partial charge is 0.263 e. The van der Waals surface area contributed by atoms with Crippen LogP contribution < -0.4 is 4.74 Å². The van der Waals surface area contributed by atoms with Gasteiger partial charge >= 0.3 is 0 Å². The largest absolute Gasteiger partial charge is 0.481 e. The normalized spacial score (nSPS) is 17.6. The van der Waals surface area contributed by atoms with Gasteiger partial charge in [-0.3, -0.25) is 4.79 Å². The van der Waals surface area contributed by atoms with Gasteiger partial charge in [-0.25, -0.2) is 0 Å². The zero-order valence-corrected chi connectivity index (χ0v) is 15.5. The van der Waals surface area contributed by atoms with Gasteiger partial charge in [0.1, 0.15) is 5.75 Å². The zero-order chi connectivity index (χ0) is 18.7. The zero-order valence-electron chi connectivity index (χ0n) is 15.5. The number of hydrogen-bond donors (Lipinski definition) is 0. The van der Waals surface area contributed by atoms with Crippen LogP contribution in [0.4, 0.5) is 0 Å². The van der Waals surface area contributed by atoms with Crippen LogP contribution in [-0.2, 0) is 4.79 Å². The first-order valence-electron chi connectivity index (χ1n) is 9.03. The minimum absolute atomic E-state index is 0.00554. The highest BCUT2D eigenvalue weighted by atomic mass is 16.5. The highest BCUT2D eigenvalue weighted by Crippen LogP contribution is 2.33. The Bertz CT molecular complexity index is 833. The molecule has 4 heteroatoms. The minimum atomic E-state index is -0.588. The second kappa shape index (κ2) is 7.61. The minimum Gasteiger partial charge on any atom is -0.481 e. The third kappa shape index (κ3) is 3.88. The molecule has 134 valence electrons. The van der Waals surface area contributed by atoms with Crippen molar-refractivity contribution in [3.05, 3.63) is 64.7 Å². The fourth-order valence-corrected chi connectivity index (χ4v) is 3.71. The first-order valence-corrected chi connectivity index (χ1v) is 9.03. The molecular formula is C22H24N2O2. The lowest BCUT2D eigenvalue weighted by molar-refractivity contribution is -0.138. The van der Waals surface area contributed by atoms with Crippen LogP contribution in [0.15, 0.2) is 42.5 Å². The van der Waals surface area contributed by atoms with E-state index in [1.807, 2.05) is 4.90 Å². The van der Waals surface area contributed by atoms with E-state index in [9.17, 15) is 4.79 Å². The molecular weight excluding hydrogens is 324 g/mol.